The van der Waals surface area contributed by atoms with Gasteiger partial charge in [0, 0.05) is 18.4 Å². The SMILES string of the molecule is C#CCNC(C)c1cccnc1. The molecule has 2 nitrogen and oxygen atoms in total. The molecule has 0 bridgehead atoms. The smallest absolute Gasteiger partial charge is 0.0578 e. The van der Waals surface area contributed by atoms with Crippen LogP contribution in [-0.2, 0) is 0 Å². The highest BCUT2D eigenvalue weighted by molar-refractivity contribution is 5.13. The Labute approximate surface area is 73.0 Å². The number of nitrogens with one attached hydrogen (secondary N) is 1. The van der Waals surface area contributed by atoms with Crippen LogP contribution in [-0.4, -0.2) is 11.5 Å². The zero-order valence-electron chi connectivity index (χ0n) is 7.12. The fourth-order valence-corrected chi connectivity index (χ4v) is 0.962. The normalized spacial score (nSPS) is 12.0. The van der Waals surface area contributed by atoms with Gasteiger partial charge in [-0.15, -0.1) is 6.42 Å². The summed E-state index contributed by atoms with van der Waals surface area (Å²) >= 11 is 0. The molecule has 0 aromatic carbocycles. The van der Waals surface area contributed by atoms with E-state index >= 15 is 0 Å². The van der Waals surface area contributed by atoms with Crippen LogP contribution in [0.25, 0.3) is 0 Å². The molecule has 0 aliphatic rings. The van der Waals surface area contributed by atoms with E-state index in [0.717, 1.165) is 5.56 Å². The van der Waals surface area contributed by atoms with Gasteiger partial charge in [-0.05, 0) is 18.6 Å². The van der Waals surface area contributed by atoms with E-state index in [9.17, 15) is 0 Å². The number of pyridine rings is 1. The van der Waals surface area contributed by atoms with Crippen LogP contribution in [0.3, 0.4) is 0 Å². The summed E-state index contributed by atoms with van der Waals surface area (Å²) in [4.78, 5) is 4.02. The molecule has 0 saturated heterocycles. The molecule has 62 valence electrons. The van der Waals surface area contributed by atoms with Gasteiger partial charge in [-0.2, -0.15) is 0 Å². The van der Waals surface area contributed by atoms with Crippen LogP contribution in [0.2, 0.25) is 0 Å². The molecule has 1 heterocycles. The van der Waals surface area contributed by atoms with Crippen molar-refractivity contribution in [3.8, 4) is 12.3 Å². The van der Waals surface area contributed by atoms with Crippen LogP contribution in [0.1, 0.15) is 18.5 Å². The molecule has 1 atom stereocenters. The summed E-state index contributed by atoms with van der Waals surface area (Å²) in [5.41, 5.74) is 1.16. The summed E-state index contributed by atoms with van der Waals surface area (Å²) in [6.45, 7) is 2.66. The van der Waals surface area contributed by atoms with Crippen LogP contribution < -0.4 is 5.32 Å². The second-order valence-electron chi connectivity index (χ2n) is 2.59. The van der Waals surface area contributed by atoms with Crippen molar-refractivity contribution in [1.82, 2.24) is 10.3 Å². The third-order valence-corrected chi connectivity index (χ3v) is 1.69. The number of hydrogen-bond acceptors (Lipinski definition) is 2. The van der Waals surface area contributed by atoms with Crippen molar-refractivity contribution in [2.24, 2.45) is 0 Å². The highest BCUT2D eigenvalue weighted by Crippen LogP contribution is 2.08. The van der Waals surface area contributed by atoms with E-state index < -0.39 is 0 Å². The molecule has 0 spiro atoms. The molecule has 0 fully saturated rings. The van der Waals surface area contributed by atoms with Gasteiger partial charge in [0.25, 0.3) is 0 Å². The lowest BCUT2D eigenvalue weighted by Crippen LogP contribution is -2.18. The first-order valence-corrected chi connectivity index (χ1v) is 3.91. The fraction of sp³-hybridized carbons (Fsp3) is 0.300. The number of terminal acetylenes is 1. The summed E-state index contributed by atoms with van der Waals surface area (Å²) in [7, 11) is 0. The van der Waals surface area contributed by atoms with Gasteiger partial charge in [-0.1, -0.05) is 12.0 Å². The molecule has 2 heteroatoms. The minimum Gasteiger partial charge on any atom is -0.300 e. The number of rotatable bonds is 3. The maximum Gasteiger partial charge on any atom is 0.0578 e. The number of aromatic nitrogens is 1. The third-order valence-electron chi connectivity index (χ3n) is 1.69. The lowest BCUT2D eigenvalue weighted by atomic mass is 10.1. The monoisotopic (exact) mass is 160 g/mol. The van der Waals surface area contributed by atoms with Crippen LogP contribution in [0.15, 0.2) is 24.5 Å². The predicted octanol–water partition coefficient (Wildman–Crippen LogP) is 1.37. The fourth-order valence-electron chi connectivity index (χ4n) is 0.962. The van der Waals surface area contributed by atoms with Crippen molar-refractivity contribution in [2.45, 2.75) is 13.0 Å². The van der Waals surface area contributed by atoms with Gasteiger partial charge in [0.2, 0.25) is 0 Å². The van der Waals surface area contributed by atoms with Gasteiger partial charge in [-0.3, -0.25) is 10.3 Å². The van der Waals surface area contributed by atoms with E-state index in [2.05, 4.69) is 23.1 Å². The number of nitrogens with zero attached hydrogens (tertiary/aromatic N) is 1. The Morgan fingerprint density at radius 2 is 2.58 bits per heavy atom. The summed E-state index contributed by atoms with van der Waals surface area (Å²) < 4.78 is 0. The molecule has 1 N–H and O–H groups in total. The Bertz CT molecular complexity index is 261. The Morgan fingerprint density at radius 1 is 1.75 bits per heavy atom. The molecule has 1 aromatic rings. The standard InChI is InChI=1S/C10H12N2/c1-3-6-12-9(2)10-5-4-7-11-8-10/h1,4-5,7-9,12H,6H2,2H3. The molecule has 1 rings (SSSR count). The highest BCUT2D eigenvalue weighted by atomic mass is 14.9. The van der Waals surface area contributed by atoms with E-state index in [1.54, 1.807) is 6.20 Å². The summed E-state index contributed by atoms with van der Waals surface area (Å²) in [6, 6.07) is 4.22. The summed E-state index contributed by atoms with van der Waals surface area (Å²) in [5, 5.41) is 3.17. The van der Waals surface area contributed by atoms with E-state index in [1.165, 1.54) is 0 Å². The Morgan fingerprint density at radius 3 is 3.17 bits per heavy atom. The van der Waals surface area contributed by atoms with Crippen LogP contribution in [0.4, 0.5) is 0 Å². The zero-order valence-corrected chi connectivity index (χ0v) is 7.12. The lowest BCUT2D eigenvalue weighted by molar-refractivity contribution is 0.621. The first-order valence-electron chi connectivity index (χ1n) is 3.91. The van der Waals surface area contributed by atoms with Crippen LogP contribution in [0, 0.1) is 12.3 Å². The average molecular weight is 160 g/mol. The van der Waals surface area contributed by atoms with Crippen molar-refractivity contribution >= 4 is 0 Å². The molecule has 0 amide bonds. The topological polar surface area (TPSA) is 24.9 Å². The van der Waals surface area contributed by atoms with Gasteiger partial charge >= 0.3 is 0 Å². The van der Waals surface area contributed by atoms with E-state index in [-0.39, 0.29) is 6.04 Å². The molecule has 1 unspecified atom stereocenters. The van der Waals surface area contributed by atoms with E-state index in [1.807, 2.05) is 18.3 Å². The lowest BCUT2D eigenvalue weighted by Gasteiger charge is -2.10. The minimum atomic E-state index is 0.273. The Hall–Kier alpha value is -1.33. The third kappa shape index (κ3) is 2.37. The van der Waals surface area contributed by atoms with Gasteiger partial charge in [0.05, 0.1) is 6.54 Å². The Balaban J connectivity index is 2.55. The van der Waals surface area contributed by atoms with E-state index in [4.69, 9.17) is 6.42 Å². The molecular weight excluding hydrogens is 148 g/mol. The number of hydrogen-bond donors (Lipinski definition) is 1. The molecule has 12 heavy (non-hydrogen) atoms. The maximum atomic E-state index is 5.13. The van der Waals surface area contributed by atoms with Crippen LogP contribution >= 0.6 is 0 Å². The largest absolute Gasteiger partial charge is 0.300 e. The summed E-state index contributed by atoms with van der Waals surface area (Å²) in [5.74, 6) is 2.54. The van der Waals surface area contributed by atoms with Crippen molar-refractivity contribution in [1.29, 1.82) is 0 Å². The van der Waals surface area contributed by atoms with Gasteiger partial charge in [-0.25, -0.2) is 0 Å². The Kier molecular flexibility index (Phi) is 3.31. The van der Waals surface area contributed by atoms with Crippen molar-refractivity contribution < 1.29 is 0 Å². The quantitative estimate of drug-likeness (QED) is 0.675. The van der Waals surface area contributed by atoms with Crippen molar-refractivity contribution in [2.75, 3.05) is 6.54 Å². The molecule has 0 radical (unpaired) electrons. The van der Waals surface area contributed by atoms with Gasteiger partial charge < -0.3 is 0 Å². The average Bonchev–Trinajstić information content (AvgIpc) is 2.15. The van der Waals surface area contributed by atoms with E-state index in [0.29, 0.717) is 6.54 Å². The molecule has 1 aromatic heterocycles. The zero-order chi connectivity index (χ0) is 8.81. The predicted molar refractivity (Wildman–Crippen MR) is 49.5 cm³/mol. The van der Waals surface area contributed by atoms with Crippen molar-refractivity contribution in [3.05, 3.63) is 30.1 Å². The van der Waals surface area contributed by atoms with Gasteiger partial charge in [0.1, 0.15) is 0 Å². The maximum absolute atomic E-state index is 5.13. The molecule has 0 aliphatic heterocycles. The highest BCUT2D eigenvalue weighted by Gasteiger charge is 2.01. The second kappa shape index (κ2) is 4.53. The minimum absolute atomic E-state index is 0.273. The second-order valence-corrected chi connectivity index (χ2v) is 2.59. The molecular formula is C10H12N2. The molecule has 0 saturated carbocycles. The van der Waals surface area contributed by atoms with Gasteiger partial charge in [0.15, 0.2) is 0 Å². The van der Waals surface area contributed by atoms with Crippen molar-refractivity contribution in [3.63, 3.8) is 0 Å². The summed E-state index contributed by atoms with van der Waals surface area (Å²) in [6.07, 6.45) is 8.73. The van der Waals surface area contributed by atoms with Crippen LogP contribution in [0.5, 0.6) is 0 Å². The first-order chi connectivity index (χ1) is 5.84. The molecule has 0 aliphatic carbocycles. The first kappa shape index (κ1) is 8.76.